The van der Waals surface area contributed by atoms with Gasteiger partial charge in [0.15, 0.2) is 6.29 Å². The minimum Gasteiger partial charge on any atom is -0.353 e. The zero-order chi connectivity index (χ0) is 32.5. The van der Waals surface area contributed by atoms with Gasteiger partial charge in [-0.25, -0.2) is 13.2 Å². The van der Waals surface area contributed by atoms with Gasteiger partial charge < -0.3 is 9.47 Å². The third-order valence-electron chi connectivity index (χ3n) is 7.51. The van der Waals surface area contributed by atoms with Crippen molar-refractivity contribution in [3.63, 3.8) is 0 Å². The summed E-state index contributed by atoms with van der Waals surface area (Å²) in [4.78, 5) is 0. The summed E-state index contributed by atoms with van der Waals surface area (Å²) < 4.78 is 48.1. The summed E-state index contributed by atoms with van der Waals surface area (Å²) in [5.41, 5.74) is 5.04. The van der Waals surface area contributed by atoms with Crippen LogP contribution >= 0.6 is 0 Å². The minimum atomic E-state index is -0.475. The van der Waals surface area contributed by atoms with Gasteiger partial charge in [-0.3, -0.25) is 0 Å². The average molecular weight is 681 g/mol. The lowest BCUT2D eigenvalue weighted by atomic mass is 9.84. The summed E-state index contributed by atoms with van der Waals surface area (Å²) in [5, 5.41) is 0. The Morgan fingerprint density at radius 3 is 1.10 bits per heavy atom. The molecule has 48 heavy (non-hydrogen) atoms. The molecular weight excluding hydrogens is 605 g/mol. The Morgan fingerprint density at radius 2 is 0.792 bits per heavy atom. The van der Waals surface area contributed by atoms with Crippen molar-refractivity contribution in [2.24, 2.45) is 17.8 Å². The topological polar surface area (TPSA) is 18.5 Å². The minimum absolute atomic E-state index is 0. The van der Waals surface area contributed by atoms with Crippen LogP contribution in [0.15, 0.2) is 54.6 Å². The molecule has 280 valence electrons. The second kappa shape index (κ2) is 29.3. The second-order valence-corrected chi connectivity index (χ2v) is 12.5. The third-order valence-corrected chi connectivity index (χ3v) is 7.51. The molecule has 0 radical (unpaired) electrons. The Bertz CT molecular complexity index is 1090. The van der Waals surface area contributed by atoms with Gasteiger partial charge in [0.25, 0.3) is 0 Å². The quantitative estimate of drug-likeness (QED) is 0.235. The fraction of sp³-hybridized carbons (Fsp3) is 0.581. The van der Waals surface area contributed by atoms with E-state index in [4.69, 9.17) is 9.47 Å². The van der Waals surface area contributed by atoms with E-state index < -0.39 is 11.6 Å². The summed E-state index contributed by atoms with van der Waals surface area (Å²) in [7, 11) is 0. The van der Waals surface area contributed by atoms with E-state index in [1.165, 1.54) is 61.9 Å². The third kappa shape index (κ3) is 24.5. The van der Waals surface area contributed by atoms with Gasteiger partial charge in [-0.05, 0) is 95.2 Å². The summed E-state index contributed by atoms with van der Waals surface area (Å²) in [6.45, 7) is 21.4. The Morgan fingerprint density at radius 1 is 0.458 bits per heavy atom. The van der Waals surface area contributed by atoms with Crippen LogP contribution in [-0.4, -0.2) is 19.5 Å². The number of hydrogen-bond donors (Lipinski definition) is 0. The van der Waals surface area contributed by atoms with Crippen molar-refractivity contribution >= 4 is 0 Å². The normalized spacial score (nSPS) is 18.7. The molecule has 2 aliphatic rings. The van der Waals surface area contributed by atoms with Crippen LogP contribution in [0.25, 0.3) is 0 Å². The molecule has 2 nitrogen and oxygen atoms in total. The molecule has 0 aromatic heterocycles. The van der Waals surface area contributed by atoms with Gasteiger partial charge in [-0.1, -0.05) is 131 Å². The molecule has 0 spiro atoms. The van der Waals surface area contributed by atoms with Crippen LogP contribution in [0.2, 0.25) is 0 Å². The van der Waals surface area contributed by atoms with Gasteiger partial charge in [0.2, 0.25) is 0 Å². The molecule has 3 aromatic rings. The molecule has 1 heterocycles. The number of hydrogen-bond acceptors (Lipinski definition) is 2. The van der Waals surface area contributed by atoms with E-state index in [1.54, 1.807) is 19.9 Å². The SMILES string of the molecule is C.C.C.C.C.CC1CCC(C)CC1.CC1COC(C)OC1.Cc1cc(F)c(C)c(F)c1.Cc1ccc(C)c(F)c1.Cc1ccc(C)cc1. The maximum absolute atomic E-state index is 12.6. The monoisotopic (exact) mass is 681 g/mol. The van der Waals surface area contributed by atoms with Crippen molar-refractivity contribution in [2.75, 3.05) is 13.2 Å². The molecule has 0 amide bonds. The summed E-state index contributed by atoms with van der Waals surface area (Å²) in [6, 6.07) is 16.3. The van der Waals surface area contributed by atoms with E-state index >= 15 is 0 Å². The van der Waals surface area contributed by atoms with Crippen LogP contribution < -0.4 is 0 Å². The molecule has 0 bridgehead atoms. The van der Waals surface area contributed by atoms with Crippen molar-refractivity contribution < 1.29 is 22.6 Å². The summed E-state index contributed by atoms with van der Waals surface area (Å²) in [5.74, 6) is 1.55. The van der Waals surface area contributed by atoms with Crippen molar-refractivity contribution in [3.8, 4) is 0 Å². The number of rotatable bonds is 0. The molecule has 1 aliphatic carbocycles. The molecule has 0 atom stereocenters. The number of halogens is 3. The van der Waals surface area contributed by atoms with E-state index in [1.807, 2.05) is 19.9 Å². The zero-order valence-corrected chi connectivity index (χ0v) is 28.2. The molecule has 5 heteroatoms. The smallest absolute Gasteiger partial charge is 0.154 e. The molecule has 2 fully saturated rings. The highest BCUT2D eigenvalue weighted by Crippen LogP contribution is 2.27. The fourth-order valence-corrected chi connectivity index (χ4v) is 4.23. The Balaban J connectivity index is -0.000000157. The maximum atomic E-state index is 12.6. The molecular formula is C43H75F3O2. The van der Waals surface area contributed by atoms with E-state index in [-0.39, 0.29) is 54.8 Å². The molecule has 0 N–H and O–H groups in total. The fourth-order valence-electron chi connectivity index (χ4n) is 4.23. The van der Waals surface area contributed by atoms with E-state index in [9.17, 15) is 13.2 Å². The number of benzene rings is 3. The van der Waals surface area contributed by atoms with Crippen LogP contribution in [0.5, 0.6) is 0 Å². The lowest BCUT2D eigenvalue weighted by Gasteiger charge is -2.24. The van der Waals surface area contributed by atoms with Gasteiger partial charge in [0.1, 0.15) is 17.5 Å². The number of aryl methyl sites for hydroxylation is 5. The molecule has 3 aromatic carbocycles. The van der Waals surface area contributed by atoms with Crippen molar-refractivity contribution in [3.05, 3.63) is 105 Å². The predicted octanol–water partition coefficient (Wildman–Crippen LogP) is 14.4. The first-order valence-corrected chi connectivity index (χ1v) is 15.6. The first-order valence-electron chi connectivity index (χ1n) is 15.6. The zero-order valence-electron chi connectivity index (χ0n) is 28.2. The van der Waals surface area contributed by atoms with E-state index in [0.29, 0.717) is 17.0 Å². The Labute approximate surface area is 296 Å². The van der Waals surface area contributed by atoms with Crippen LogP contribution in [0.3, 0.4) is 0 Å². The highest BCUT2D eigenvalue weighted by atomic mass is 19.1. The Hall–Kier alpha value is -2.63. The standard InChI is InChI=1S/C8H8F2.C8H9F.C8H16.C8H10.C6H12O2.5CH4/c1-5-3-7(9)6(2)8(10)4-5;1-6-3-4-7(2)8(9)5-6;2*1-7-3-5-8(2)6-4-7;1-5-3-7-6(2)8-4-5;;;;;/h3-4H,1-2H3;3-5H,1-2H3;7-8H,3-6H2,1-2H3;3-6H,1-2H3;5-6H,3-4H2,1-2H3;5*1H4. The van der Waals surface area contributed by atoms with Gasteiger partial charge in [-0.2, -0.15) is 0 Å². The first-order chi connectivity index (χ1) is 20.2. The van der Waals surface area contributed by atoms with Crippen molar-refractivity contribution in [1.29, 1.82) is 0 Å². The van der Waals surface area contributed by atoms with Crippen molar-refractivity contribution in [1.82, 2.24) is 0 Å². The van der Waals surface area contributed by atoms with E-state index in [2.05, 4.69) is 58.9 Å². The van der Waals surface area contributed by atoms with Crippen LogP contribution in [0.1, 0.15) is 124 Å². The lowest BCUT2D eigenvalue weighted by Crippen LogP contribution is -2.27. The number of ether oxygens (including phenoxy) is 2. The van der Waals surface area contributed by atoms with E-state index in [0.717, 1.165) is 30.6 Å². The van der Waals surface area contributed by atoms with Crippen molar-refractivity contribution in [2.45, 2.75) is 138 Å². The van der Waals surface area contributed by atoms with Gasteiger partial charge in [0, 0.05) is 11.5 Å². The van der Waals surface area contributed by atoms with Crippen LogP contribution in [0, 0.1) is 76.7 Å². The summed E-state index contributed by atoms with van der Waals surface area (Å²) in [6.07, 6.45) is 5.91. The molecule has 1 saturated carbocycles. The average Bonchev–Trinajstić information content (AvgIpc) is 2.96. The highest BCUT2D eigenvalue weighted by molar-refractivity contribution is 5.24. The second-order valence-electron chi connectivity index (χ2n) is 12.5. The predicted molar refractivity (Wildman–Crippen MR) is 209 cm³/mol. The first kappa shape index (κ1) is 54.8. The molecule has 0 unspecified atom stereocenters. The van der Waals surface area contributed by atoms with Gasteiger partial charge >= 0.3 is 0 Å². The Kier molecular flexibility index (Phi) is 33.5. The molecule has 1 saturated heterocycles. The van der Waals surface area contributed by atoms with Gasteiger partial charge in [-0.15, -0.1) is 0 Å². The largest absolute Gasteiger partial charge is 0.353 e. The van der Waals surface area contributed by atoms with Crippen LogP contribution in [-0.2, 0) is 9.47 Å². The summed E-state index contributed by atoms with van der Waals surface area (Å²) >= 11 is 0. The molecule has 5 rings (SSSR count). The lowest BCUT2D eigenvalue weighted by molar-refractivity contribution is -0.187. The molecule has 1 aliphatic heterocycles. The van der Waals surface area contributed by atoms with Gasteiger partial charge in [0.05, 0.1) is 13.2 Å². The highest BCUT2D eigenvalue weighted by Gasteiger charge is 2.14. The van der Waals surface area contributed by atoms with Crippen LogP contribution in [0.4, 0.5) is 13.2 Å². The maximum Gasteiger partial charge on any atom is 0.154 e.